The highest BCUT2D eigenvalue weighted by atomic mass is 19.1. The molecule has 7 heteroatoms. The lowest BCUT2D eigenvalue weighted by atomic mass is 9.99. The van der Waals surface area contributed by atoms with E-state index < -0.39 is 23.1 Å². The SMILES string of the molecule is C=CO/C(=N\C)c1ccc(C)c(-c2ccc(NC(=O)c3c(F)cccc3F)nc2)c1. The van der Waals surface area contributed by atoms with Crippen LogP contribution in [0.4, 0.5) is 14.6 Å². The van der Waals surface area contributed by atoms with E-state index in [0.717, 1.165) is 34.4 Å². The molecule has 1 N–H and O–H groups in total. The molecule has 1 heterocycles. The minimum atomic E-state index is -0.938. The zero-order chi connectivity index (χ0) is 21.7. The van der Waals surface area contributed by atoms with Crippen LogP contribution in [0.25, 0.3) is 11.1 Å². The Balaban J connectivity index is 1.86. The molecule has 0 aliphatic heterocycles. The summed E-state index contributed by atoms with van der Waals surface area (Å²) in [5.41, 5.74) is 2.80. The summed E-state index contributed by atoms with van der Waals surface area (Å²) in [6, 6.07) is 12.3. The normalized spacial score (nSPS) is 11.1. The number of halogens is 2. The fourth-order valence-corrected chi connectivity index (χ4v) is 2.92. The van der Waals surface area contributed by atoms with Crippen LogP contribution in [-0.4, -0.2) is 23.8 Å². The van der Waals surface area contributed by atoms with Crippen LogP contribution in [0, 0.1) is 18.6 Å². The number of rotatable bonds is 5. The Morgan fingerprint density at radius 3 is 2.50 bits per heavy atom. The molecule has 0 aliphatic rings. The Morgan fingerprint density at radius 2 is 1.90 bits per heavy atom. The van der Waals surface area contributed by atoms with Gasteiger partial charge in [0.1, 0.15) is 23.0 Å². The van der Waals surface area contributed by atoms with E-state index in [1.54, 1.807) is 25.4 Å². The van der Waals surface area contributed by atoms with Crippen LogP contribution in [0.1, 0.15) is 21.5 Å². The van der Waals surface area contributed by atoms with Crippen molar-refractivity contribution in [2.75, 3.05) is 12.4 Å². The molecule has 30 heavy (non-hydrogen) atoms. The summed E-state index contributed by atoms with van der Waals surface area (Å²) >= 11 is 0. The maximum atomic E-state index is 13.8. The first-order valence-electron chi connectivity index (χ1n) is 9.01. The van der Waals surface area contributed by atoms with Gasteiger partial charge in [-0.15, -0.1) is 0 Å². The van der Waals surface area contributed by atoms with E-state index in [-0.39, 0.29) is 5.82 Å². The Kier molecular flexibility index (Phi) is 6.32. The number of nitrogens with one attached hydrogen (secondary N) is 1. The molecule has 0 aliphatic carbocycles. The molecule has 0 fully saturated rings. The summed E-state index contributed by atoms with van der Waals surface area (Å²) in [6.45, 7) is 5.49. The summed E-state index contributed by atoms with van der Waals surface area (Å²) in [6.07, 6.45) is 2.87. The van der Waals surface area contributed by atoms with Gasteiger partial charge in [0.15, 0.2) is 0 Å². The fraction of sp³-hybridized carbons (Fsp3) is 0.0870. The number of nitrogens with zero attached hydrogens (tertiary/aromatic N) is 2. The van der Waals surface area contributed by atoms with E-state index in [1.165, 1.54) is 12.3 Å². The van der Waals surface area contributed by atoms with Gasteiger partial charge in [0.2, 0.25) is 5.90 Å². The second kappa shape index (κ2) is 9.09. The third kappa shape index (κ3) is 4.41. The van der Waals surface area contributed by atoms with Crippen molar-refractivity contribution in [2.24, 2.45) is 4.99 Å². The van der Waals surface area contributed by atoms with Gasteiger partial charge in [0.05, 0.1) is 6.26 Å². The fourth-order valence-electron chi connectivity index (χ4n) is 2.92. The largest absolute Gasteiger partial charge is 0.447 e. The van der Waals surface area contributed by atoms with Gasteiger partial charge in [-0.25, -0.2) is 13.8 Å². The van der Waals surface area contributed by atoms with E-state index in [9.17, 15) is 13.6 Å². The highest BCUT2D eigenvalue weighted by Gasteiger charge is 2.17. The van der Waals surface area contributed by atoms with Gasteiger partial charge in [-0.1, -0.05) is 18.7 Å². The number of benzene rings is 2. The number of aryl methyl sites for hydroxylation is 1. The molecule has 3 rings (SSSR count). The molecule has 0 unspecified atom stereocenters. The Morgan fingerprint density at radius 1 is 1.17 bits per heavy atom. The van der Waals surface area contributed by atoms with E-state index in [0.29, 0.717) is 5.90 Å². The monoisotopic (exact) mass is 407 g/mol. The van der Waals surface area contributed by atoms with Crippen molar-refractivity contribution in [1.82, 2.24) is 4.98 Å². The number of carbonyl (C=O) groups excluding carboxylic acids is 1. The molecule has 0 atom stereocenters. The second-order valence-electron chi connectivity index (χ2n) is 6.33. The highest BCUT2D eigenvalue weighted by molar-refractivity contribution is 6.04. The molecule has 0 saturated carbocycles. The summed E-state index contributed by atoms with van der Waals surface area (Å²) in [4.78, 5) is 20.5. The quantitative estimate of drug-likeness (QED) is 0.363. The molecule has 0 bridgehead atoms. The first kappa shape index (κ1) is 20.9. The van der Waals surface area contributed by atoms with Crippen molar-refractivity contribution < 1.29 is 18.3 Å². The van der Waals surface area contributed by atoms with Crippen molar-refractivity contribution in [1.29, 1.82) is 0 Å². The lowest BCUT2D eigenvalue weighted by Gasteiger charge is -2.11. The predicted molar refractivity (Wildman–Crippen MR) is 112 cm³/mol. The molecular weight excluding hydrogens is 388 g/mol. The Bertz CT molecular complexity index is 1110. The lowest BCUT2D eigenvalue weighted by Crippen LogP contribution is -2.16. The van der Waals surface area contributed by atoms with E-state index in [2.05, 4.69) is 21.9 Å². The number of aromatic nitrogens is 1. The van der Waals surface area contributed by atoms with Crippen LogP contribution in [0.3, 0.4) is 0 Å². The number of ether oxygens (including phenoxy) is 1. The third-order valence-corrected chi connectivity index (χ3v) is 4.39. The zero-order valence-electron chi connectivity index (χ0n) is 16.4. The van der Waals surface area contributed by atoms with E-state index >= 15 is 0 Å². The first-order chi connectivity index (χ1) is 14.4. The Labute approximate surface area is 172 Å². The van der Waals surface area contributed by atoms with Crippen molar-refractivity contribution in [3.05, 3.63) is 95.9 Å². The van der Waals surface area contributed by atoms with Crippen LogP contribution < -0.4 is 5.32 Å². The van der Waals surface area contributed by atoms with Crippen molar-refractivity contribution in [2.45, 2.75) is 6.92 Å². The molecule has 0 saturated heterocycles. The predicted octanol–water partition coefficient (Wildman–Crippen LogP) is 5.12. The standard InChI is InChI=1S/C23H19F2N3O2/c1-4-30-23(26-3)15-9-8-14(2)17(12-15)16-10-11-20(27-13-16)28-22(29)21-18(24)6-5-7-19(21)25/h4-13H,1H2,2-3H3,(H,27,28,29)/b26-23-. The van der Waals surface area contributed by atoms with E-state index in [4.69, 9.17) is 4.74 Å². The second-order valence-corrected chi connectivity index (χ2v) is 6.33. The molecule has 5 nitrogen and oxygen atoms in total. The minimum absolute atomic E-state index is 0.172. The van der Waals surface area contributed by atoms with Crippen molar-refractivity contribution in [3.8, 4) is 11.1 Å². The maximum Gasteiger partial charge on any atom is 0.262 e. The third-order valence-electron chi connectivity index (χ3n) is 4.39. The zero-order valence-corrected chi connectivity index (χ0v) is 16.4. The molecule has 0 radical (unpaired) electrons. The number of pyridine rings is 1. The molecule has 0 spiro atoms. The van der Waals surface area contributed by atoms with Gasteiger partial charge in [0.25, 0.3) is 5.91 Å². The minimum Gasteiger partial charge on any atom is -0.447 e. The van der Waals surface area contributed by atoms with Crippen LogP contribution in [0.5, 0.6) is 0 Å². The van der Waals surface area contributed by atoms with E-state index in [1.807, 2.05) is 25.1 Å². The Hall–Kier alpha value is -3.87. The summed E-state index contributed by atoms with van der Waals surface area (Å²) in [7, 11) is 1.62. The number of carbonyl (C=O) groups is 1. The van der Waals surface area contributed by atoms with Crippen molar-refractivity contribution >= 4 is 17.6 Å². The summed E-state index contributed by atoms with van der Waals surface area (Å²) in [5, 5.41) is 2.41. The highest BCUT2D eigenvalue weighted by Crippen LogP contribution is 2.26. The van der Waals surface area contributed by atoms with Crippen LogP contribution in [0.15, 0.2) is 72.6 Å². The topological polar surface area (TPSA) is 63.6 Å². The number of hydrogen-bond acceptors (Lipinski definition) is 4. The molecular formula is C23H19F2N3O2. The van der Waals surface area contributed by atoms with Gasteiger partial charge in [-0.05, 0) is 54.4 Å². The van der Waals surface area contributed by atoms with Gasteiger partial charge >= 0.3 is 0 Å². The number of amides is 1. The molecule has 1 amide bonds. The van der Waals surface area contributed by atoms with Gasteiger partial charge in [-0.3, -0.25) is 9.79 Å². The number of anilines is 1. The van der Waals surface area contributed by atoms with Gasteiger partial charge in [-0.2, -0.15) is 0 Å². The smallest absolute Gasteiger partial charge is 0.262 e. The molecule has 3 aromatic rings. The molecule has 152 valence electrons. The molecule has 2 aromatic carbocycles. The van der Waals surface area contributed by atoms with Gasteiger partial charge in [0, 0.05) is 24.4 Å². The lowest BCUT2D eigenvalue weighted by molar-refractivity contribution is 0.101. The van der Waals surface area contributed by atoms with Crippen molar-refractivity contribution in [3.63, 3.8) is 0 Å². The molecule has 1 aromatic heterocycles. The average molecular weight is 407 g/mol. The van der Waals surface area contributed by atoms with Crippen LogP contribution in [-0.2, 0) is 4.74 Å². The van der Waals surface area contributed by atoms with Gasteiger partial charge < -0.3 is 10.1 Å². The first-order valence-corrected chi connectivity index (χ1v) is 9.01. The summed E-state index contributed by atoms with van der Waals surface area (Å²) < 4.78 is 32.9. The number of aliphatic imine (C=N–C) groups is 1. The average Bonchev–Trinajstić information content (AvgIpc) is 2.73. The van der Waals surface area contributed by atoms with Crippen LogP contribution in [0.2, 0.25) is 0 Å². The van der Waals surface area contributed by atoms with Crippen LogP contribution >= 0.6 is 0 Å². The maximum absolute atomic E-state index is 13.8. The number of hydrogen-bond donors (Lipinski definition) is 1. The summed E-state index contributed by atoms with van der Waals surface area (Å²) in [5.74, 6) is -2.19.